The van der Waals surface area contributed by atoms with Crippen molar-refractivity contribution in [2.75, 3.05) is 25.2 Å². The van der Waals surface area contributed by atoms with Gasteiger partial charge in [0.15, 0.2) is 17.6 Å². The number of pyridine rings is 1. The highest BCUT2D eigenvalue weighted by Gasteiger charge is 2.33. The summed E-state index contributed by atoms with van der Waals surface area (Å²) in [6.07, 6.45) is 0.883. The van der Waals surface area contributed by atoms with E-state index in [0.717, 1.165) is 0 Å². The molecule has 1 amide bonds. The Morgan fingerprint density at radius 1 is 1.22 bits per heavy atom. The lowest BCUT2D eigenvalue weighted by Gasteiger charge is -2.13. The molecule has 1 aliphatic rings. The fourth-order valence-corrected chi connectivity index (χ4v) is 2.23. The summed E-state index contributed by atoms with van der Waals surface area (Å²) in [7, 11) is 1.58. The first kappa shape index (κ1) is 16.9. The van der Waals surface area contributed by atoms with Crippen LogP contribution in [0.25, 0.3) is 0 Å². The van der Waals surface area contributed by atoms with Crippen molar-refractivity contribution in [2.24, 2.45) is 0 Å². The van der Waals surface area contributed by atoms with Crippen LogP contribution in [-0.4, -0.2) is 37.4 Å². The van der Waals surface area contributed by atoms with Gasteiger partial charge in [0.25, 0.3) is 0 Å². The van der Waals surface area contributed by atoms with E-state index in [2.05, 4.69) is 4.98 Å². The Bertz CT molecular complexity index is 654. The van der Waals surface area contributed by atoms with Crippen LogP contribution in [0.1, 0.15) is 0 Å². The van der Waals surface area contributed by atoms with Crippen LogP contribution in [0.4, 0.5) is 10.6 Å². The number of nitrogens with zero attached hydrogens (tertiary/aromatic N) is 2. The number of hydrogen-bond acceptors (Lipinski definition) is 5. The van der Waals surface area contributed by atoms with Crippen molar-refractivity contribution in [3.63, 3.8) is 0 Å². The first-order valence-electron chi connectivity index (χ1n) is 6.93. The zero-order valence-corrected chi connectivity index (χ0v) is 13.4. The maximum Gasteiger partial charge on any atom is 0.416 e. The van der Waals surface area contributed by atoms with Crippen molar-refractivity contribution in [2.45, 2.75) is 6.10 Å². The summed E-state index contributed by atoms with van der Waals surface area (Å²) >= 11 is 0. The van der Waals surface area contributed by atoms with Gasteiger partial charge in [-0.15, -0.1) is 12.4 Å². The number of halogens is 1. The number of carbonyl (C=O) groups is 1. The number of cyclic esters (lactones) is 1. The molecule has 0 saturated carbocycles. The molecular weight excluding hydrogens is 320 g/mol. The lowest BCUT2D eigenvalue weighted by molar-refractivity contribution is 0.104. The van der Waals surface area contributed by atoms with Crippen LogP contribution in [0.5, 0.6) is 11.5 Å². The maximum absolute atomic E-state index is 11.9. The Balaban J connectivity index is 0.00000192. The first-order valence-corrected chi connectivity index (χ1v) is 6.93. The molecule has 0 aliphatic carbocycles. The zero-order valence-electron chi connectivity index (χ0n) is 12.5. The van der Waals surface area contributed by atoms with E-state index >= 15 is 0 Å². The fourth-order valence-electron chi connectivity index (χ4n) is 2.23. The fraction of sp³-hybridized carbons (Fsp3) is 0.250. The topological polar surface area (TPSA) is 60.9 Å². The summed E-state index contributed by atoms with van der Waals surface area (Å²) in [5.74, 6) is 1.85. The van der Waals surface area contributed by atoms with Gasteiger partial charge in [0.05, 0.1) is 13.7 Å². The van der Waals surface area contributed by atoms with Crippen molar-refractivity contribution in [1.82, 2.24) is 4.98 Å². The smallest absolute Gasteiger partial charge is 0.416 e. The van der Waals surface area contributed by atoms with Gasteiger partial charge in [-0.25, -0.2) is 9.78 Å². The van der Waals surface area contributed by atoms with Crippen LogP contribution in [0.3, 0.4) is 0 Å². The minimum Gasteiger partial charge on any atom is -0.493 e. The number of aromatic nitrogens is 1. The third-order valence-corrected chi connectivity index (χ3v) is 3.29. The minimum absolute atomic E-state index is 0. The Kier molecular flexibility index (Phi) is 5.65. The molecule has 1 fully saturated rings. The average molecular weight is 337 g/mol. The highest BCUT2D eigenvalue weighted by molar-refractivity contribution is 5.88. The van der Waals surface area contributed by atoms with Crippen molar-refractivity contribution in [3.8, 4) is 11.5 Å². The molecule has 122 valence electrons. The first-order chi connectivity index (χ1) is 10.8. The summed E-state index contributed by atoms with van der Waals surface area (Å²) in [4.78, 5) is 17.6. The van der Waals surface area contributed by atoms with E-state index in [1.54, 1.807) is 25.4 Å². The van der Waals surface area contributed by atoms with Gasteiger partial charge in [-0.05, 0) is 24.3 Å². The molecule has 0 radical (unpaired) electrons. The summed E-state index contributed by atoms with van der Waals surface area (Å²) in [5, 5.41) is 0. The van der Waals surface area contributed by atoms with Crippen LogP contribution in [-0.2, 0) is 4.74 Å². The van der Waals surface area contributed by atoms with Gasteiger partial charge >= 0.3 is 6.09 Å². The molecule has 2 aromatic rings. The number of carbonyl (C=O) groups excluding carboxylic acids is 1. The molecule has 3 rings (SSSR count). The standard InChI is InChI=1S/C16H16N2O4.ClH/c1-20-13-6-2-3-7-14(13)21-11-12-10-18(16(19)22-12)15-8-4-5-9-17-15;/h2-9,12H,10-11H2,1H3;1H. The molecule has 23 heavy (non-hydrogen) atoms. The molecule has 2 heterocycles. The molecule has 1 aromatic carbocycles. The van der Waals surface area contributed by atoms with Crippen molar-refractivity contribution in [1.29, 1.82) is 0 Å². The number of rotatable bonds is 5. The van der Waals surface area contributed by atoms with Crippen LogP contribution in [0.2, 0.25) is 0 Å². The summed E-state index contributed by atoms with van der Waals surface area (Å²) in [5.41, 5.74) is 0. The molecule has 7 heteroatoms. The largest absolute Gasteiger partial charge is 0.493 e. The number of benzene rings is 1. The van der Waals surface area contributed by atoms with Crippen LogP contribution < -0.4 is 14.4 Å². The Hall–Kier alpha value is -2.47. The molecular formula is C16H17ClN2O4. The predicted octanol–water partition coefficient (Wildman–Crippen LogP) is 2.92. The lowest BCUT2D eigenvalue weighted by Crippen LogP contribution is -2.27. The van der Waals surface area contributed by atoms with Gasteiger partial charge in [0.1, 0.15) is 12.4 Å². The quantitative estimate of drug-likeness (QED) is 0.840. The molecule has 1 saturated heterocycles. The number of amides is 1. The normalized spacial score (nSPS) is 16.5. The van der Waals surface area contributed by atoms with E-state index in [-0.39, 0.29) is 25.1 Å². The number of methoxy groups -OCH3 is 1. The van der Waals surface area contributed by atoms with E-state index in [0.29, 0.717) is 23.9 Å². The lowest BCUT2D eigenvalue weighted by atomic mass is 10.3. The van der Waals surface area contributed by atoms with Gasteiger partial charge in [-0.3, -0.25) is 4.90 Å². The number of anilines is 1. The monoisotopic (exact) mass is 336 g/mol. The van der Waals surface area contributed by atoms with Crippen molar-refractivity contribution >= 4 is 24.3 Å². The summed E-state index contributed by atoms with van der Waals surface area (Å²) in [6, 6.07) is 12.7. The van der Waals surface area contributed by atoms with E-state index < -0.39 is 6.09 Å². The van der Waals surface area contributed by atoms with E-state index in [9.17, 15) is 4.79 Å². The second-order valence-electron chi connectivity index (χ2n) is 4.77. The van der Waals surface area contributed by atoms with Gasteiger partial charge in [0.2, 0.25) is 0 Å². The molecule has 0 N–H and O–H groups in total. The Morgan fingerprint density at radius 2 is 1.96 bits per heavy atom. The highest BCUT2D eigenvalue weighted by Crippen LogP contribution is 2.27. The molecule has 1 aromatic heterocycles. The van der Waals surface area contributed by atoms with Gasteiger partial charge < -0.3 is 14.2 Å². The van der Waals surface area contributed by atoms with Gasteiger partial charge in [-0.2, -0.15) is 0 Å². The van der Waals surface area contributed by atoms with E-state index in [1.807, 2.05) is 30.3 Å². The second-order valence-corrected chi connectivity index (χ2v) is 4.77. The number of hydrogen-bond donors (Lipinski definition) is 0. The molecule has 0 bridgehead atoms. The summed E-state index contributed by atoms with van der Waals surface area (Å²) in [6.45, 7) is 0.667. The Labute approximate surface area is 140 Å². The minimum atomic E-state index is -0.410. The van der Waals surface area contributed by atoms with Crippen LogP contribution in [0.15, 0.2) is 48.7 Å². The Morgan fingerprint density at radius 3 is 2.65 bits per heavy atom. The third kappa shape index (κ3) is 3.84. The van der Waals surface area contributed by atoms with Crippen LogP contribution in [0, 0.1) is 0 Å². The number of ether oxygens (including phenoxy) is 3. The SMILES string of the molecule is COc1ccccc1OCC1CN(c2ccccn2)C(=O)O1.Cl. The van der Waals surface area contributed by atoms with Gasteiger partial charge in [0, 0.05) is 6.20 Å². The predicted molar refractivity (Wildman–Crippen MR) is 87.6 cm³/mol. The molecule has 6 nitrogen and oxygen atoms in total. The van der Waals surface area contributed by atoms with Crippen molar-refractivity contribution < 1.29 is 19.0 Å². The van der Waals surface area contributed by atoms with Crippen LogP contribution >= 0.6 is 12.4 Å². The van der Waals surface area contributed by atoms with E-state index in [1.165, 1.54) is 4.90 Å². The average Bonchev–Trinajstić information content (AvgIpc) is 2.95. The maximum atomic E-state index is 11.9. The number of para-hydroxylation sites is 2. The van der Waals surface area contributed by atoms with Crippen molar-refractivity contribution in [3.05, 3.63) is 48.7 Å². The third-order valence-electron chi connectivity index (χ3n) is 3.29. The summed E-state index contributed by atoms with van der Waals surface area (Å²) < 4.78 is 16.2. The molecule has 0 spiro atoms. The zero-order chi connectivity index (χ0) is 15.4. The molecule has 1 aliphatic heterocycles. The van der Waals surface area contributed by atoms with E-state index in [4.69, 9.17) is 14.2 Å². The molecule has 1 atom stereocenters. The highest BCUT2D eigenvalue weighted by atomic mass is 35.5. The second kappa shape index (κ2) is 7.69. The molecule has 1 unspecified atom stereocenters. The van der Waals surface area contributed by atoms with Gasteiger partial charge in [-0.1, -0.05) is 18.2 Å².